The quantitative estimate of drug-likeness (QED) is 0.820. The van der Waals surface area contributed by atoms with E-state index in [1.807, 2.05) is 0 Å². The van der Waals surface area contributed by atoms with Gasteiger partial charge in [0.05, 0.1) is 0 Å². The smallest absolute Gasteiger partial charge is 0.329 e. The highest BCUT2D eigenvalue weighted by Crippen LogP contribution is 2.16. The van der Waals surface area contributed by atoms with Crippen LogP contribution in [0.1, 0.15) is 27.2 Å². The largest absolute Gasteiger partial charge is 0.480 e. The number of likely N-dealkylation sites (N-methyl/N-ethyl adjacent to an activating group) is 1. The molecule has 1 aromatic heterocycles. The molecular weight excluding hydrogens is 234 g/mol. The van der Waals surface area contributed by atoms with Crippen molar-refractivity contribution < 1.29 is 14.7 Å². The molecule has 6 heteroatoms. The average molecular weight is 253 g/mol. The molecule has 0 spiro atoms. The molecule has 18 heavy (non-hydrogen) atoms. The molecule has 1 heterocycles. The third-order valence-corrected chi connectivity index (χ3v) is 2.93. The Morgan fingerprint density at radius 2 is 2.11 bits per heavy atom. The molecule has 0 atom stereocenters. The fourth-order valence-electron chi connectivity index (χ4n) is 1.78. The van der Waals surface area contributed by atoms with Gasteiger partial charge in [-0.15, -0.1) is 0 Å². The Kier molecular flexibility index (Phi) is 4.47. The number of nitrogens with zero attached hydrogens (tertiary/aromatic N) is 3. The maximum absolute atomic E-state index is 12.0. The van der Waals surface area contributed by atoms with Gasteiger partial charge in [-0.3, -0.25) is 9.48 Å². The van der Waals surface area contributed by atoms with Crippen LogP contribution in [0.15, 0.2) is 18.5 Å². The summed E-state index contributed by atoms with van der Waals surface area (Å²) in [6.07, 6.45) is 3.65. The molecule has 0 saturated heterocycles. The fourth-order valence-corrected chi connectivity index (χ4v) is 1.78. The highest BCUT2D eigenvalue weighted by molar-refractivity contribution is 5.86. The number of hydrogen-bond donors (Lipinski definition) is 1. The lowest BCUT2D eigenvalue weighted by Gasteiger charge is -2.34. The van der Waals surface area contributed by atoms with E-state index in [2.05, 4.69) is 5.10 Å². The van der Waals surface area contributed by atoms with E-state index < -0.39 is 11.5 Å². The lowest BCUT2D eigenvalue weighted by molar-refractivity contribution is -0.156. The summed E-state index contributed by atoms with van der Waals surface area (Å²) in [4.78, 5) is 24.6. The van der Waals surface area contributed by atoms with Gasteiger partial charge >= 0.3 is 5.97 Å². The van der Waals surface area contributed by atoms with Crippen molar-refractivity contribution >= 4 is 11.9 Å². The Morgan fingerprint density at radius 3 is 2.56 bits per heavy atom. The average Bonchev–Trinajstić information content (AvgIpc) is 2.79. The molecule has 100 valence electrons. The zero-order valence-corrected chi connectivity index (χ0v) is 11.0. The van der Waals surface area contributed by atoms with Crippen molar-refractivity contribution in [1.29, 1.82) is 0 Å². The number of carbonyl (C=O) groups is 2. The number of carbonyl (C=O) groups excluding carboxylic acids is 1. The summed E-state index contributed by atoms with van der Waals surface area (Å²) < 4.78 is 1.65. The molecule has 0 aliphatic rings. The van der Waals surface area contributed by atoms with Crippen LogP contribution in [-0.4, -0.2) is 43.7 Å². The normalized spacial score (nSPS) is 11.3. The molecule has 0 unspecified atom stereocenters. The Labute approximate surface area is 106 Å². The number of hydrogen-bond acceptors (Lipinski definition) is 3. The van der Waals surface area contributed by atoms with Crippen LogP contribution < -0.4 is 0 Å². The van der Waals surface area contributed by atoms with E-state index in [0.717, 1.165) is 0 Å². The van der Waals surface area contributed by atoms with E-state index in [-0.39, 0.29) is 12.3 Å². The monoisotopic (exact) mass is 253 g/mol. The number of aryl methyl sites for hydroxylation is 1. The number of amides is 1. The predicted molar refractivity (Wildman–Crippen MR) is 65.9 cm³/mol. The molecule has 1 rings (SSSR count). The van der Waals surface area contributed by atoms with Gasteiger partial charge in [0.1, 0.15) is 5.54 Å². The van der Waals surface area contributed by atoms with Crippen molar-refractivity contribution in [3.05, 3.63) is 18.5 Å². The standard InChI is InChI=1S/C12H19N3O3/c1-4-15(12(2,3)11(17)18)10(16)6-9-14-8-5-7-13-14/h5,7-8H,4,6,9H2,1-3H3,(H,17,18). The van der Waals surface area contributed by atoms with Gasteiger partial charge in [0.2, 0.25) is 5.91 Å². The SMILES string of the molecule is CCN(C(=O)CCn1cccn1)C(C)(C)C(=O)O. The third-order valence-electron chi connectivity index (χ3n) is 2.93. The Balaban J connectivity index is 2.65. The maximum Gasteiger partial charge on any atom is 0.329 e. The molecule has 0 saturated carbocycles. The molecule has 1 N–H and O–H groups in total. The van der Waals surface area contributed by atoms with Gasteiger partial charge in [0.25, 0.3) is 0 Å². The summed E-state index contributed by atoms with van der Waals surface area (Å²) in [6.45, 7) is 5.67. The van der Waals surface area contributed by atoms with Crippen LogP contribution in [0.5, 0.6) is 0 Å². The van der Waals surface area contributed by atoms with E-state index in [4.69, 9.17) is 5.11 Å². The van der Waals surface area contributed by atoms with Crippen LogP contribution in [0.4, 0.5) is 0 Å². The highest BCUT2D eigenvalue weighted by atomic mass is 16.4. The molecule has 1 aromatic rings. The molecular formula is C12H19N3O3. The molecule has 0 radical (unpaired) electrons. The summed E-state index contributed by atoms with van der Waals surface area (Å²) in [7, 11) is 0. The number of rotatable bonds is 6. The topological polar surface area (TPSA) is 75.4 Å². The Morgan fingerprint density at radius 1 is 1.44 bits per heavy atom. The molecule has 0 aliphatic carbocycles. The molecule has 1 amide bonds. The summed E-state index contributed by atoms with van der Waals surface area (Å²) >= 11 is 0. The molecule has 6 nitrogen and oxygen atoms in total. The third kappa shape index (κ3) is 3.09. The van der Waals surface area contributed by atoms with Crippen molar-refractivity contribution in [2.45, 2.75) is 39.3 Å². The first-order valence-corrected chi connectivity index (χ1v) is 5.91. The fraction of sp³-hybridized carbons (Fsp3) is 0.583. The molecule has 0 aromatic carbocycles. The summed E-state index contributed by atoms with van der Waals surface area (Å²) in [5, 5.41) is 13.1. The van der Waals surface area contributed by atoms with Crippen LogP contribution >= 0.6 is 0 Å². The number of aromatic nitrogens is 2. The van der Waals surface area contributed by atoms with Gasteiger partial charge in [-0.25, -0.2) is 4.79 Å². The van der Waals surface area contributed by atoms with Crippen molar-refractivity contribution in [2.75, 3.05) is 6.54 Å². The van der Waals surface area contributed by atoms with Gasteiger partial charge < -0.3 is 10.0 Å². The van der Waals surface area contributed by atoms with E-state index >= 15 is 0 Å². The van der Waals surface area contributed by atoms with Crippen LogP contribution in [0.25, 0.3) is 0 Å². The van der Waals surface area contributed by atoms with Crippen LogP contribution in [-0.2, 0) is 16.1 Å². The minimum atomic E-state index is -1.18. The first-order chi connectivity index (χ1) is 8.39. The second-order valence-corrected chi connectivity index (χ2v) is 4.52. The minimum Gasteiger partial charge on any atom is -0.480 e. The van der Waals surface area contributed by atoms with E-state index in [9.17, 15) is 9.59 Å². The van der Waals surface area contributed by atoms with Crippen molar-refractivity contribution in [2.24, 2.45) is 0 Å². The van der Waals surface area contributed by atoms with Gasteiger partial charge in [0.15, 0.2) is 0 Å². The summed E-state index contributed by atoms with van der Waals surface area (Å²) in [6, 6.07) is 1.78. The van der Waals surface area contributed by atoms with Gasteiger partial charge in [-0.2, -0.15) is 5.10 Å². The molecule has 0 fully saturated rings. The number of aliphatic carboxylic acids is 1. The van der Waals surface area contributed by atoms with Gasteiger partial charge in [-0.1, -0.05) is 0 Å². The van der Waals surface area contributed by atoms with Gasteiger partial charge in [0, 0.05) is 31.9 Å². The highest BCUT2D eigenvalue weighted by Gasteiger charge is 2.36. The molecule has 0 bridgehead atoms. The van der Waals surface area contributed by atoms with Crippen molar-refractivity contribution in [1.82, 2.24) is 14.7 Å². The summed E-state index contributed by atoms with van der Waals surface area (Å²) in [5.74, 6) is -1.18. The first-order valence-electron chi connectivity index (χ1n) is 5.91. The first kappa shape index (κ1) is 14.2. The van der Waals surface area contributed by atoms with Crippen LogP contribution in [0, 0.1) is 0 Å². The second kappa shape index (κ2) is 5.66. The van der Waals surface area contributed by atoms with Crippen LogP contribution in [0.3, 0.4) is 0 Å². The zero-order valence-electron chi connectivity index (χ0n) is 11.0. The van der Waals surface area contributed by atoms with Gasteiger partial charge in [-0.05, 0) is 26.8 Å². The second-order valence-electron chi connectivity index (χ2n) is 4.52. The Hall–Kier alpha value is -1.85. The summed E-state index contributed by atoms with van der Waals surface area (Å²) in [5.41, 5.74) is -1.18. The minimum absolute atomic E-state index is 0.180. The van der Waals surface area contributed by atoms with E-state index in [0.29, 0.717) is 13.1 Å². The van der Waals surface area contributed by atoms with Crippen LogP contribution in [0.2, 0.25) is 0 Å². The maximum atomic E-state index is 12.0. The lowest BCUT2D eigenvalue weighted by Crippen LogP contribution is -2.53. The van der Waals surface area contributed by atoms with E-state index in [1.54, 1.807) is 30.1 Å². The number of carboxylic acids is 1. The lowest BCUT2D eigenvalue weighted by atomic mass is 10.0. The Bertz CT molecular complexity index is 412. The predicted octanol–water partition coefficient (Wildman–Crippen LogP) is 0.985. The number of carboxylic acid groups (broad SMARTS) is 1. The zero-order chi connectivity index (χ0) is 13.8. The van der Waals surface area contributed by atoms with E-state index in [1.165, 1.54) is 18.7 Å². The van der Waals surface area contributed by atoms with Crippen molar-refractivity contribution in [3.63, 3.8) is 0 Å². The molecule has 0 aliphatic heterocycles. The van der Waals surface area contributed by atoms with Crippen molar-refractivity contribution in [3.8, 4) is 0 Å².